The van der Waals surface area contributed by atoms with E-state index in [1.54, 1.807) is 53.1 Å². The number of benzene rings is 1. The van der Waals surface area contributed by atoms with Gasteiger partial charge in [-0.15, -0.1) is 11.3 Å². The lowest BCUT2D eigenvalue weighted by molar-refractivity contribution is -0.145. The van der Waals surface area contributed by atoms with Crippen LogP contribution >= 0.6 is 11.3 Å². The molecule has 1 saturated carbocycles. The number of carboxylic acids is 1. The third-order valence-electron chi connectivity index (χ3n) is 9.57. The second-order valence-electron chi connectivity index (χ2n) is 14.5. The van der Waals surface area contributed by atoms with Crippen LogP contribution in [0, 0.1) is 5.92 Å². The van der Waals surface area contributed by atoms with Gasteiger partial charge in [0.05, 0.1) is 24.9 Å². The largest absolute Gasteiger partial charge is 0.497 e. The highest BCUT2D eigenvalue weighted by atomic mass is 32.1. The van der Waals surface area contributed by atoms with Crippen molar-refractivity contribution < 1.29 is 38.5 Å². The Kier molecular flexibility index (Phi) is 10.6. The third kappa shape index (κ3) is 8.09. The Morgan fingerprint density at radius 3 is 2.63 bits per heavy atom. The number of aliphatic carboxylic acids is 1. The predicted molar refractivity (Wildman–Crippen MR) is 195 cm³/mol. The average Bonchev–Trinajstić information content (AvgIpc) is 3.39. The lowest BCUT2D eigenvalue weighted by Gasteiger charge is -2.30. The quantitative estimate of drug-likeness (QED) is 0.236. The summed E-state index contributed by atoms with van der Waals surface area (Å²) in [5.41, 5.74) is -0.437. The number of nitrogens with zero attached hydrogens (tertiary/aromatic N) is 3. The van der Waals surface area contributed by atoms with Crippen LogP contribution in [0.3, 0.4) is 0 Å². The lowest BCUT2D eigenvalue weighted by Crippen LogP contribution is -2.56. The van der Waals surface area contributed by atoms with Gasteiger partial charge < -0.3 is 40.2 Å². The number of ether oxygens (including phenoxy) is 3. The number of rotatable bonds is 7. The topological polar surface area (TPSA) is 181 Å². The van der Waals surface area contributed by atoms with E-state index in [4.69, 9.17) is 19.2 Å². The Morgan fingerprint density at radius 2 is 1.92 bits per heavy atom. The molecule has 1 saturated heterocycles. The number of carboxylic acid groups (broad SMARTS) is 1. The van der Waals surface area contributed by atoms with Gasteiger partial charge in [0.1, 0.15) is 46.5 Å². The van der Waals surface area contributed by atoms with Crippen LogP contribution in [0.5, 0.6) is 11.5 Å². The molecule has 14 nitrogen and oxygen atoms in total. The SMILES string of the molecule is CNc1nc(-c2cc(O[C@@H]3C[C@H]4C(=O)N[C@]5(C(=O)O)C[C@H]5/C=C\CCCCC[C@H](NC(=O)OC(C)(C)C)C(=O)N4C3)c3ccc(OC)cc3n2)cs1. The Hall–Kier alpha value is -4.92. The van der Waals surface area contributed by atoms with E-state index in [-0.39, 0.29) is 25.3 Å². The minimum Gasteiger partial charge on any atom is -0.497 e. The minimum absolute atomic E-state index is 0.0166. The van der Waals surface area contributed by atoms with Crippen molar-refractivity contribution in [2.24, 2.45) is 5.92 Å². The number of alkyl carbamates (subject to hydrolysis) is 1. The standard InChI is InChI=1S/C37H46N6O8S/c1-36(2,3)51-35(48)41-25-12-10-8-6-7-9-11-21-18-37(21,33(46)47)42-31(44)29-16-23(19-43(29)32(25)45)50-30-17-27(28-20-52-34(38-4)40-28)39-26-15-22(49-5)13-14-24(26)30/h9,11,13-15,17,20-21,23,25,29H,6-8,10,12,16,18-19H2,1-5H3,(H,38,40)(H,41,48)(H,42,44)(H,46,47)/b11-9-/t21-,23-,25+,29+,37-/m1/s1. The smallest absolute Gasteiger partial charge is 0.408 e. The van der Waals surface area contributed by atoms with Gasteiger partial charge in [0.15, 0.2) is 5.13 Å². The summed E-state index contributed by atoms with van der Waals surface area (Å²) in [6.07, 6.45) is 6.12. The van der Waals surface area contributed by atoms with Gasteiger partial charge in [-0.3, -0.25) is 9.59 Å². The molecule has 3 aromatic rings. The van der Waals surface area contributed by atoms with Crippen LogP contribution in [0.1, 0.15) is 65.7 Å². The van der Waals surface area contributed by atoms with E-state index in [1.807, 2.05) is 23.6 Å². The molecule has 52 heavy (non-hydrogen) atoms. The van der Waals surface area contributed by atoms with Gasteiger partial charge >= 0.3 is 12.1 Å². The first-order valence-electron chi connectivity index (χ1n) is 17.6. The van der Waals surface area contributed by atoms with Gasteiger partial charge in [-0.1, -0.05) is 25.0 Å². The van der Waals surface area contributed by atoms with Crippen molar-refractivity contribution in [2.75, 3.05) is 26.0 Å². The molecule has 2 aromatic heterocycles. The number of fused-ring (bicyclic) bond motifs is 3. The molecule has 2 fully saturated rings. The maximum Gasteiger partial charge on any atom is 0.408 e. The fourth-order valence-electron chi connectivity index (χ4n) is 6.81. The van der Waals surface area contributed by atoms with Gasteiger partial charge in [0.25, 0.3) is 0 Å². The highest BCUT2D eigenvalue weighted by Gasteiger charge is 2.61. The number of thiazole rings is 1. The molecule has 4 N–H and O–H groups in total. The summed E-state index contributed by atoms with van der Waals surface area (Å²) in [7, 11) is 3.36. The summed E-state index contributed by atoms with van der Waals surface area (Å²) in [6.45, 7) is 5.23. The van der Waals surface area contributed by atoms with Gasteiger partial charge in [0, 0.05) is 42.3 Å². The molecule has 1 aliphatic carbocycles. The summed E-state index contributed by atoms with van der Waals surface area (Å²) in [6, 6.07) is 5.19. The fraction of sp³-hybridized carbons (Fsp3) is 0.514. The summed E-state index contributed by atoms with van der Waals surface area (Å²) < 4.78 is 17.6. The molecule has 6 rings (SSSR count). The predicted octanol–water partition coefficient (Wildman–Crippen LogP) is 5.13. The molecule has 3 amide bonds. The minimum atomic E-state index is -1.45. The molecular formula is C37H46N6O8S. The Labute approximate surface area is 306 Å². The van der Waals surface area contributed by atoms with E-state index in [1.165, 1.54) is 16.2 Å². The fourth-order valence-corrected chi connectivity index (χ4v) is 7.48. The summed E-state index contributed by atoms with van der Waals surface area (Å²) in [5, 5.41) is 22.1. The lowest BCUT2D eigenvalue weighted by atomic mass is 10.0. The van der Waals surface area contributed by atoms with Crippen LogP contribution in [-0.2, 0) is 19.1 Å². The number of allylic oxidation sites excluding steroid dienone is 1. The Bertz CT molecular complexity index is 1870. The van der Waals surface area contributed by atoms with Crippen molar-refractivity contribution in [1.29, 1.82) is 0 Å². The van der Waals surface area contributed by atoms with E-state index in [0.29, 0.717) is 46.6 Å². The normalized spacial score (nSPS) is 25.8. The Morgan fingerprint density at radius 1 is 1.12 bits per heavy atom. The van der Waals surface area contributed by atoms with Crippen molar-refractivity contribution in [2.45, 2.75) is 95.0 Å². The number of pyridine rings is 1. The molecule has 4 heterocycles. The zero-order valence-corrected chi connectivity index (χ0v) is 30.9. The van der Waals surface area contributed by atoms with Crippen molar-refractivity contribution in [3.05, 3.63) is 41.8 Å². The van der Waals surface area contributed by atoms with Crippen LogP contribution in [-0.4, -0.2) is 93.9 Å². The number of amides is 3. The first-order valence-corrected chi connectivity index (χ1v) is 18.5. The molecule has 0 radical (unpaired) electrons. The zero-order valence-electron chi connectivity index (χ0n) is 30.1. The molecule has 2 aliphatic heterocycles. The van der Waals surface area contributed by atoms with Crippen LogP contribution in [0.4, 0.5) is 9.93 Å². The van der Waals surface area contributed by atoms with E-state index in [2.05, 4.69) is 20.9 Å². The highest BCUT2D eigenvalue weighted by Crippen LogP contribution is 2.45. The molecule has 0 unspecified atom stereocenters. The second-order valence-corrected chi connectivity index (χ2v) is 15.4. The van der Waals surface area contributed by atoms with Crippen LogP contribution in [0.15, 0.2) is 41.8 Å². The van der Waals surface area contributed by atoms with Crippen molar-refractivity contribution >= 4 is 51.2 Å². The number of carbonyl (C=O) groups is 4. The number of hydrogen-bond donors (Lipinski definition) is 4. The van der Waals surface area contributed by atoms with Crippen LogP contribution < -0.4 is 25.4 Å². The maximum absolute atomic E-state index is 14.4. The van der Waals surface area contributed by atoms with Crippen molar-refractivity contribution in [3.63, 3.8) is 0 Å². The maximum atomic E-state index is 14.4. The van der Waals surface area contributed by atoms with Gasteiger partial charge in [-0.05, 0) is 58.6 Å². The first kappa shape index (κ1) is 36.9. The average molecular weight is 735 g/mol. The number of nitrogens with one attached hydrogen (secondary N) is 3. The second kappa shape index (κ2) is 15.0. The van der Waals surface area contributed by atoms with E-state index < -0.39 is 53.2 Å². The molecule has 5 atom stereocenters. The molecular weight excluding hydrogens is 689 g/mol. The number of hydrogen-bond acceptors (Lipinski definition) is 11. The van der Waals surface area contributed by atoms with Gasteiger partial charge in [-0.2, -0.15) is 0 Å². The first-order chi connectivity index (χ1) is 24.8. The van der Waals surface area contributed by atoms with Gasteiger partial charge in [-0.25, -0.2) is 19.6 Å². The summed E-state index contributed by atoms with van der Waals surface area (Å²) >= 11 is 1.44. The van der Waals surface area contributed by atoms with Crippen molar-refractivity contribution in [3.8, 4) is 22.9 Å². The molecule has 15 heteroatoms. The summed E-state index contributed by atoms with van der Waals surface area (Å²) in [4.78, 5) is 64.8. The van der Waals surface area contributed by atoms with E-state index >= 15 is 0 Å². The third-order valence-corrected chi connectivity index (χ3v) is 10.4. The van der Waals surface area contributed by atoms with Gasteiger partial charge in [0.2, 0.25) is 11.8 Å². The summed E-state index contributed by atoms with van der Waals surface area (Å²) in [5.74, 6) is -1.45. The molecule has 3 aliphatic rings. The number of carbonyl (C=O) groups excluding carboxylic acids is 3. The molecule has 1 aromatic carbocycles. The molecule has 0 bridgehead atoms. The molecule has 278 valence electrons. The highest BCUT2D eigenvalue weighted by molar-refractivity contribution is 7.14. The van der Waals surface area contributed by atoms with Crippen LogP contribution in [0.2, 0.25) is 0 Å². The van der Waals surface area contributed by atoms with E-state index in [9.17, 15) is 24.3 Å². The number of aromatic nitrogens is 2. The zero-order chi connectivity index (χ0) is 37.2. The monoisotopic (exact) mass is 734 g/mol. The van der Waals surface area contributed by atoms with E-state index in [0.717, 1.165) is 24.4 Å². The molecule has 0 spiro atoms. The number of methoxy groups -OCH3 is 1. The van der Waals surface area contributed by atoms with Crippen molar-refractivity contribution in [1.82, 2.24) is 25.5 Å². The number of anilines is 1. The Balaban J connectivity index is 1.34. The van der Waals surface area contributed by atoms with Crippen LogP contribution in [0.25, 0.3) is 22.3 Å².